The van der Waals surface area contributed by atoms with Crippen LogP contribution in [0.25, 0.3) is 16.9 Å². The van der Waals surface area contributed by atoms with Crippen LogP contribution in [0.15, 0.2) is 91.3 Å². The van der Waals surface area contributed by atoms with Gasteiger partial charge in [-0.05, 0) is 48.5 Å². The molecular formula is C27H17Cl2FN4O2. The number of carbonyl (C=O) groups is 2. The molecule has 0 aliphatic heterocycles. The van der Waals surface area contributed by atoms with Gasteiger partial charge in [-0.1, -0.05) is 53.5 Å². The first kappa shape index (κ1) is 23.5. The fourth-order valence-electron chi connectivity index (χ4n) is 3.75. The second kappa shape index (κ2) is 9.81. The van der Waals surface area contributed by atoms with Crippen LogP contribution >= 0.6 is 23.2 Å². The zero-order valence-corrected chi connectivity index (χ0v) is 20.0. The number of amides is 2. The minimum Gasteiger partial charge on any atom is -0.322 e. The number of halogens is 3. The van der Waals surface area contributed by atoms with Gasteiger partial charge in [-0.3, -0.25) is 14.0 Å². The number of fused-ring (bicyclic) bond motifs is 1. The number of nitrogens with zero attached hydrogens (tertiary/aromatic N) is 2. The monoisotopic (exact) mass is 518 g/mol. The van der Waals surface area contributed by atoms with Gasteiger partial charge in [0.15, 0.2) is 11.5 Å². The molecule has 2 N–H and O–H groups in total. The maximum atomic E-state index is 13.7. The van der Waals surface area contributed by atoms with E-state index in [1.165, 1.54) is 12.1 Å². The molecule has 0 radical (unpaired) electrons. The SMILES string of the molecule is O=C(Nc1cccc(-c2cnc3c(NC(=O)c4ccccc4)cccn23)c1)c1cc(Cl)c(F)c(Cl)c1. The summed E-state index contributed by atoms with van der Waals surface area (Å²) in [6, 6.07) is 22.1. The maximum absolute atomic E-state index is 13.7. The molecule has 2 amide bonds. The van der Waals surface area contributed by atoms with Gasteiger partial charge < -0.3 is 10.6 Å². The van der Waals surface area contributed by atoms with E-state index >= 15 is 0 Å². The van der Waals surface area contributed by atoms with Crippen molar-refractivity contribution in [2.75, 3.05) is 10.6 Å². The molecule has 0 fully saturated rings. The van der Waals surface area contributed by atoms with Crippen LogP contribution in [0.4, 0.5) is 15.8 Å². The smallest absolute Gasteiger partial charge is 0.255 e. The third kappa shape index (κ3) is 4.66. The number of hydrogen-bond donors (Lipinski definition) is 2. The Morgan fingerprint density at radius 3 is 2.28 bits per heavy atom. The second-order valence-corrected chi connectivity index (χ2v) is 8.68. The van der Waals surface area contributed by atoms with Crippen molar-refractivity contribution in [1.29, 1.82) is 0 Å². The van der Waals surface area contributed by atoms with Crippen molar-refractivity contribution in [2.45, 2.75) is 0 Å². The molecule has 0 saturated heterocycles. The Morgan fingerprint density at radius 2 is 1.53 bits per heavy atom. The molecule has 5 rings (SSSR count). The number of benzene rings is 3. The number of imidazole rings is 1. The van der Waals surface area contributed by atoms with Gasteiger partial charge in [-0.2, -0.15) is 0 Å². The Kier molecular flexibility index (Phi) is 6.41. The summed E-state index contributed by atoms with van der Waals surface area (Å²) in [5.41, 5.74) is 3.85. The third-order valence-corrected chi connectivity index (χ3v) is 6.03. The van der Waals surface area contributed by atoms with Gasteiger partial charge in [0, 0.05) is 28.6 Å². The zero-order valence-electron chi connectivity index (χ0n) is 18.5. The van der Waals surface area contributed by atoms with E-state index < -0.39 is 11.7 Å². The summed E-state index contributed by atoms with van der Waals surface area (Å²) >= 11 is 11.6. The molecule has 36 heavy (non-hydrogen) atoms. The lowest BCUT2D eigenvalue weighted by Crippen LogP contribution is -2.12. The van der Waals surface area contributed by atoms with Crippen LogP contribution in [-0.4, -0.2) is 21.2 Å². The van der Waals surface area contributed by atoms with Crippen molar-refractivity contribution in [1.82, 2.24) is 9.38 Å². The maximum Gasteiger partial charge on any atom is 0.255 e. The van der Waals surface area contributed by atoms with E-state index in [-0.39, 0.29) is 21.5 Å². The van der Waals surface area contributed by atoms with Gasteiger partial charge in [-0.25, -0.2) is 9.37 Å². The van der Waals surface area contributed by atoms with Gasteiger partial charge >= 0.3 is 0 Å². The van der Waals surface area contributed by atoms with Crippen LogP contribution in [-0.2, 0) is 0 Å². The fraction of sp³-hybridized carbons (Fsp3) is 0. The average molecular weight is 519 g/mol. The van der Waals surface area contributed by atoms with E-state index in [0.717, 1.165) is 11.3 Å². The molecule has 0 aliphatic rings. The van der Waals surface area contributed by atoms with Crippen molar-refractivity contribution in [3.63, 3.8) is 0 Å². The first-order valence-corrected chi connectivity index (χ1v) is 11.5. The molecule has 6 nitrogen and oxygen atoms in total. The van der Waals surface area contributed by atoms with Gasteiger partial charge in [0.2, 0.25) is 0 Å². The largest absolute Gasteiger partial charge is 0.322 e. The van der Waals surface area contributed by atoms with E-state index in [1.807, 2.05) is 28.8 Å². The molecule has 0 spiro atoms. The van der Waals surface area contributed by atoms with Crippen molar-refractivity contribution in [3.05, 3.63) is 118 Å². The Balaban J connectivity index is 1.42. The number of rotatable bonds is 5. The highest BCUT2D eigenvalue weighted by atomic mass is 35.5. The van der Waals surface area contributed by atoms with Gasteiger partial charge in [-0.15, -0.1) is 0 Å². The number of aromatic nitrogens is 2. The van der Waals surface area contributed by atoms with Crippen LogP contribution in [0.3, 0.4) is 0 Å². The van der Waals surface area contributed by atoms with Crippen LogP contribution in [0.5, 0.6) is 0 Å². The molecule has 0 saturated carbocycles. The highest BCUT2D eigenvalue weighted by Gasteiger charge is 2.15. The molecule has 0 unspecified atom stereocenters. The fourth-order valence-corrected chi connectivity index (χ4v) is 4.24. The molecule has 9 heteroatoms. The summed E-state index contributed by atoms with van der Waals surface area (Å²) in [6.07, 6.45) is 3.53. The molecule has 0 bridgehead atoms. The van der Waals surface area contributed by atoms with Crippen molar-refractivity contribution < 1.29 is 14.0 Å². The first-order valence-electron chi connectivity index (χ1n) is 10.8. The minimum atomic E-state index is -0.774. The van der Waals surface area contributed by atoms with Crippen LogP contribution in [0.1, 0.15) is 20.7 Å². The molecule has 0 aliphatic carbocycles. The summed E-state index contributed by atoms with van der Waals surface area (Å²) in [6.45, 7) is 0. The quantitative estimate of drug-likeness (QED) is 0.247. The molecule has 5 aromatic rings. The highest BCUT2D eigenvalue weighted by molar-refractivity contribution is 6.35. The van der Waals surface area contributed by atoms with E-state index in [0.29, 0.717) is 22.6 Å². The topological polar surface area (TPSA) is 75.5 Å². The van der Waals surface area contributed by atoms with E-state index in [2.05, 4.69) is 15.6 Å². The lowest BCUT2D eigenvalue weighted by molar-refractivity contribution is 0.101. The normalized spacial score (nSPS) is 10.9. The summed E-state index contributed by atoms with van der Waals surface area (Å²) in [5.74, 6) is -1.50. The molecular weight excluding hydrogens is 502 g/mol. The lowest BCUT2D eigenvalue weighted by atomic mass is 10.1. The Morgan fingerprint density at radius 1 is 0.806 bits per heavy atom. The lowest BCUT2D eigenvalue weighted by Gasteiger charge is -2.10. The Hall–Kier alpha value is -4.20. The number of anilines is 2. The Bertz CT molecular complexity index is 1600. The molecule has 0 atom stereocenters. The van der Waals surface area contributed by atoms with Crippen molar-refractivity contribution in [3.8, 4) is 11.3 Å². The van der Waals surface area contributed by atoms with E-state index in [4.69, 9.17) is 23.2 Å². The summed E-state index contributed by atoms with van der Waals surface area (Å²) in [7, 11) is 0. The van der Waals surface area contributed by atoms with E-state index in [1.54, 1.807) is 54.7 Å². The van der Waals surface area contributed by atoms with Crippen LogP contribution < -0.4 is 10.6 Å². The van der Waals surface area contributed by atoms with Crippen LogP contribution in [0, 0.1) is 5.82 Å². The molecule has 2 heterocycles. The van der Waals surface area contributed by atoms with E-state index in [9.17, 15) is 14.0 Å². The first-order chi connectivity index (χ1) is 17.4. The summed E-state index contributed by atoms with van der Waals surface area (Å²) in [4.78, 5) is 29.8. The summed E-state index contributed by atoms with van der Waals surface area (Å²) in [5, 5.41) is 5.21. The zero-order chi connectivity index (χ0) is 25.2. The highest BCUT2D eigenvalue weighted by Crippen LogP contribution is 2.28. The number of pyridine rings is 1. The predicted octanol–water partition coefficient (Wildman–Crippen LogP) is 6.95. The van der Waals surface area contributed by atoms with Gasteiger partial charge in [0.1, 0.15) is 0 Å². The third-order valence-electron chi connectivity index (χ3n) is 5.48. The molecule has 2 aromatic heterocycles. The Labute approximate surface area is 215 Å². The number of nitrogens with one attached hydrogen (secondary N) is 2. The number of hydrogen-bond acceptors (Lipinski definition) is 3. The van der Waals surface area contributed by atoms with Crippen LogP contribution in [0.2, 0.25) is 10.0 Å². The van der Waals surface area contributed by atoms with Gasteiger partial charge in [0.25, 0.3) is 11.8 Å². The molecule has 3 aromatic carbocycles. The second-order valence-electron chi connectivity index (χ2n) is 7.87. The number of carbonyl (C=O) groups excluding carboxylic acids is 2. The van der Waals surface area contributed by atoms with Crippen molar-refractivity contribution in [2.24, 2.45) is 0 Å². The molecule has 178 valence electrons. The predicted molar refractivity (Wildman–Crippen MR) is 139 cm³/mol. The van der Waals surface area contributed by atoms with Gasteiger partial charge in [0.05, 0.1) is 27.6 Å². The average Bonchev–Trinajstić information content (AvgIpc) is 3.33. The standard InChI is InChI=1S/C27H17Cl2FN4O2/c28-20-13-18(14-21(29)24(20)30)27(36)32-19-9-4-8-17(12-19)23-15-31-25-22(10-5-11-34(23)25)33-26(35)16-6-2-1-3-7-16/h1-15H,(H,32,36)(H,33,35). The minimum absolute atomic E-state index is 0.130. The summed E-state index contributed by atoms with van der Waals surface area (Å²) < 4.78 is 15.5. The van der Waals surface area contributed by atoms with Crippen molar-refractivity contribution >= 4 is 52.0 Å².